The number of hydrogen-bond acceptors (Lipinski definition) is 3. The summed E-state index contributed by atoms with van der Waals surface area (Å²) in [6.07, 6.45) is 1.60. The molecule has 0 radical (unpaired) electrons. The summed E-state index contributed by atoms with van der Waals surface area (Å²) >= 11 is 17.6. The second kappa shape index (κ2) is 7.21. The van der Waals surface area contributed by atoms with Gasteiger partial charge in [-0.15, -0.1) is 0 Å². The van der Waals surface area contributed by atoms with E-state index in [0.29, 0.717) is 17.4 Å². The molecule has 5 nitrogen and oxygen atoms in total. The first kappa shape index (κ1) is 16.8. The Kier molecular flexibility index (Phi) is 5.04. The number of halogens is 3. The lowest BCUT2D eigenvalue weighted by Gasteiger charge is -2.10. The molecule has 3 rings (SSSR count). The van der Waals surface area contributed by atoms with Crippen LogP contribution in [0.5, 0.6) is 0 Å². The van der Waals surface area contributed by atoms with E-state index in [9.17, 15) is 4.79 Å². The zero-order valence-corrected chi connectivity index (χ0v) is 14.5. The van der Waals surface area contributed by atoms with Gasteiger partial charge in [-0.1, -0.05) is 46.9 Å². The number of carbonyl (C=O) groups excluding carboxylic acids is 1. The van der Waals surface area contributed by atoms with Gasteiger partial charge in [0, 0.05) is 11.1 Å². The van der Waals surface area contributed by atoms with Crippen molar-refractivity contribution in [3.05, 3.63) is 75.1 Å². The first-order chi connectivity index (χ1) is 11.5. The molecule has 1 amide bonds. The van der Waals surface area contributed by atoms with Crippen LogP contribution in [-0.4, -0.2) is 20.7 Å². The average molecular weight is 382 g/mol. The monoisotopic (exact) mass is 380 g/mol. The van der Waals surface area contributed by atoms with E-state index < -0.39 is 0 Å². The molecular formula is C16H11Cl3N4O. The van der Waals surface area contributed by atoms with Crippen LogP contribution in [0.2, 0.25) is 15.3 Å². The number of aromatic nitrogens is 3. The highest BCUT2D eigenvalue weighted by molar-refractivity contribution is 6.35. The summed E-state index contributed by atoms with van der Waals surface area (Å²) in [6, 6.07) is 12.1. The summed E-state index contributed by atoms with van der Waals surface area (Å²) in [5.74, 6) is 0.156. The lowest BCUT2D eigenvalue weighted by molar-refractivity contribution is 0.102. The van der Waals surface area contributed by atoms with E-state index in [1.54, 1.807) is 29.1 Å². The highest BCUT2D eigenvalue weighted by atomic mass is 35.5. The molecule has 8 heteroatoms. The first-order valence-electron chi connectivity index (χ1n) is 6.92. The lowest BCUT2D eigenvalue weighted by atomic mass is 10.2. The van der Waals surface area contributed by atoms with E-state index in [0.717, 1.165) is 5.56 Å². The Hall–Kier alpha value is -2.08. The molecule has 1 aromatic carbocycles. The number of nitrogens with zero attached hydrogens (tertiary/aromatic N) is 3. The molecule has 1 N–H and O–H groups in total. The third-order valence-electron chi connectivity index (χ3n) is 3.26. The number of hydrogen-bond donors (Lipinski definition) is 1. The van der Waals surface area contributed by atoms with Crippen molar-refractivity contribution in [3.63, 3.8) is 0 Å². The Morgan fingerprint density at radius 2 is 1.79 bits per heavy atom. The number of pyridine rings is 1. The third kappa shape index (κ3) is 3.87. The Labute approximate surface area is 153 Å². The van der Waals surface area contributed by atoms with Crippen LogP contribution in [0.4, 0.5) is 5.82 Å². The fraction of sp³-hybridized carbons (Fsp3) is 0.0625. The van der Waals surface area contributed by atoms with Crippen molar-refractivity contribution in [1.82, 2.24) is 14.8 Å². The molecule has 0 saturated heterocycles. The lowest BCUT2D eigenvalue weighted by Crippen LogP contribution is -2.17. The first-order valence-corrected chi connectivity index (χ1v) is 8.06. The Balaban J connectivity index is 1.77. The molecule has 0 aliphatic carbocycles. The van der Waals surface area contributed by atoms with Crippen LogP contribution in [0.1, 0.15) is 15.9 Å². The topological polar surface area (TPSA) is 59.8 Å². The van der Waals surface area contributed by atoms with Gasteiger partial charge in [-0.25, -0.2) is 9.67 Å². The molecule has 0 spiro atoms. The fourth-order valence-electron chi connectivity index (χ4n) is 2.09. The maximum Gasteiger partial charge on any atom is 0.259 e. The van der Waals surface area contributed by atoms with Gasteiger partial charge in [0.15, 0.2) is 0 Å². The van der Waals surface area contributed by atoms with Gasteiger partial charge >= 0.3 is 0 Å². The number of amides is 1. The molecule has 2 aromatic heterocycles. The molecule has 0 fully saturated rings. The Morgan fingerprint density at radius 1 is 1.04 bits per heavy atom. The van der Waals surface area contributed by atoms with Crippen LogP contribution >= 0.6 is 34.8 Å². The molecule has 2 heterocycles. The molecule has 0 saturated carbocycles. The summed E-state index contributed by atoms with van der Waals surface area (Å²) in [4.78, 5) is 16.2. The Bertz CT molecular complexity index is 877. The van der Waals surface area contributed by atoms with Gasteiger partial charge in [-0.2, -0.15) is 5.10 Å². The molecule has 0 atom stereocenters. The predicted molar refractivity (Wildman–Crippen MR) is 95.0 cm³/mol. The van der Waals surface area contributed by atoms with Gasteiger partial charge in [-0.3, -0.25) is 4.79 Å². The van der Waals surface area contributed by atoms with Crippen molar-refractivity contribution in [3.8, 4) is 0 Å². The summed E-state index contributed by atoms with van der Waals surface area (Å²) < 4.78 is 1.67. The molecule has 0 aliphatic heterocycles. The molecule has 122 valence electrons. The van der Waals surface area contributed by atoms with Crippen molar-refractivity contribution in [2.75, 3.05) is 5.32 Å². The zero-order valence-electron chi connectivity index (χ0n) is 12.2. The highest BCUT2D eigenvalue weighted by Gasteiger charge is 2.14. The molecule has 0 bridgehead atoms. The van der Waals surface area contributed by atoms with Gasteiger partial charge < -0.3 is 5.32 Å². The van der Waals surface area contributed by atoms with Crippen molar-refractivity contribution in [2.45, 2.75) is 6.54 Å². The molecule has 24 heavy (non-hydrogen) atoms. The smallest absolute Gasteiger partial charge is 0.259 e. The van der Waals surface area contributed by atoms with E-state index in [2.05, 4.69) is 15.4 Å². The standard InChI is InChI=1S/C16H11Cl3N4O/c17-11-3-1-10(2-4-11)9-23-14(7-8-20-23)22-16(24)12-5-6-13(18)21-15(12)19/h1-8H,9H2,(H,22,24). The Morgan fingerprint density at radius 3 is 2.50 bits per heavy atom. The van der Waals surface area contributed by atoms with Crippen LogP contribution in [0.3, 0.4) is 0 Å². The van der Waals surface area contributed by atoms with Gasteiger partial charge in [0.25, 0.3) is 5.91 Å². The van der Waals surface area contributed by atoms with Crippen LogP contribution in [0.25, 0.3) is 0 Å². The number of carbonyl (C=O) groups is 1. The molecule has 0 unspecified atom stereocenters. The minimum absolute atomic E-state index is 0.0452. The summed E-state index contributed by atoms with van der Waals surface area (Å²) in [5, 5.41) is 7.92. The number of anilines is 1. The molecular weight excluding hydrogens is 371 g/mol. The van der Waals surface area contributed by atoms with E-state index in [4.69, 9.17) is 34.8 Å². The van der Waals surface area contributed by atoms with Crippen LogP contribution in [-0.2, 0) is 6.54 Å². The summed E-state index contributed by atoms with van der Waals surface area (Å²) in [6.45, 7) is 0.492. The predicted octanol–water partition coefficient (Wildman–Crippen LogP) is 4.54. The number of benzene rings is 1. The van der Waals surface area contributed by atoms with Crippen LogP contribution < -0.4 is 5.32 Å². The van der Waals surface area contributed by atoms with Crippen molar-refractivity contribution in [2.24, 2.45) is 0 Å². The molecule has 3 aromatic rings. The van der Waals surface area contributed by atoms with Crippen LogP contribution in [0.15, 0.2) is 48.7 Å². The van der Waals surface area contributed by atoms with E-state index in [1.807, 2.05) is 12.1 Å². The largest absolute Gasteiger partial charge is 0.307 e. The van der Waals surface area contributed by atoms with Gasteiger partial charge in [-0.05, 0) is 29.8 Å². The average Bonchev–Trinajstić information content (AvgIpc) is 2.96. The minimum Gasteiger partial charge on any atom is -0.307 e. The van der Waals surface area contributed by atoms with Crippen molar-refractivity contribution >= 4 is 46.5 Å². The van der Waals surface area contributed by atoms with Gasteiger partial charge in [0.05, 0.1) is 18.3 Å². The maximum absolute atomic E-state index is 12.4. The maximum atomic E-state index is 12.4. The quantitative estimate of drug-likeness (QED) is 0.675. The SMILES string of the molecule is O=C(Nc1ccnn1Cc1ccc(Cl)cc1)c1ccc(Cl)nc1Cl. The second-order valence-electron chi connectivity index (χ2n) is 4.93. The zero-order chi connectivity index (χ0) is 17.1. The summed E-state index contributed by atoms with van der Waals surface area (Å²) in [7, 11) is 0. The van der Waals surface area contributed by atoms with Crippen molar-refractivity contribution < 1.29 is 4.79 Å². The molecule has 0 aliphatic rings. The van der Waals surface area contributed by atoms with Gasteiger partial charge in [0.1, 0.15) is 16.1 Å². The number of rotatable bonds is 4. The van der Waals surface area contributed by atoms with E-state index in [1.165, 1.54) is 12.1 Å². The second-order valence-corrected chi connectivity index (χ2v) is 6.11. The highest BCUT2D eigenvalue weighted by Crippen LogP contribution is 2.19. The minimum atomic E-state index is -0.387. The fourth-order valence-corrected chi connectivity index (χ4v) is 2.65. The normalized spacial score (nSPS) is 10.6. The van der Waals surface area contributed by atoms with Gasteiger partial charge in [0.2, 0.25) is 0 Å². The third-order valence-corrected chi connectivity index (χ3v) is 4.01. The van der Waals surface area contributed by atoms with E-state index in [-0.39, 0.29) is 21.8 Å². The summed E-state index contributed by atoms with van der Waals surface area (Å²) in [5.41, 5.74) is 1.24. The van der Waals surface area contributed by atoms with Crippen molar-refractivity contribution in [1.29, 1.82) is 0 Å². The number of nitrogens with one attached hydrogen (secondary N) is 1. The van der Waals surface area contributed by atoms with Crippen LogP contribution in [0, 0.1) is 0 Å². The van der Waals surface area contributed by atoms with E-state index >= 15 is 0 Å².